The third kappa shape index (κ3) is 7.74. The number of methoxy groups -OCH3 is 2. The topological polar surface area (TPSA) is 66.5 Å². The number of anilines is 1. The van der Waals surface area contributed by atoms with Crippen LogP contribution in [0.3, 0.4) is 0 Å². The van der Waals surface area contributed by atoms with Crippen LogP contribution in [0.15, 0.2) is 91.0 Å². The van der Waals surface area contributed by atoms with Crippen LogP contribution in [-0.2, 0) is 22.7 Å². The minimum Gasteiger partial charge on any atom is -0.497 e. The van der Waals surface area contributed by atoms with Crippen molar-refractivity contribution in [2.24, 2.45) is 0 Å². The van der Waals surface area contributed by atoms with Crippen molar-refractivity contribution in [3.63, 3.8) is 0 Å². The number of ether oxygens (including phenoxy) is 5. The number of carbonyl (C=O) groups excluding carboxylic acids is 1. The predicted molar refractivity (Wildman–Crippen MR) is 151 cm³/mol. The molecule has 0 aliphatic rings. The summed E-state index contributed by atoms with van der Waals surface area (Å²) in [7, 11) is 3.19. The van der Waals surface area contributed by atoms with Crippen molar-refractivity contribution in [3.8, 4) is 28.7 Å². The minimum atomic E-state index is -0.488. The Kier molecular flexibility index (Phi) is 9.96. The molecule has 0 aliphatic heterocycles. The SMILES string of the molecule is COc1ccc(COCCOc2ccc(OC)cc2CN(C(C)=O)c2cc(F)ccc2Oc2ccccc2)cc1. The summed E-state index contributed by atoms with van der Waals surface area (Å²) in [5, 5.41) is 0. The summed E-state index contributed by atoms with van der Waals surface area (Å²) in [5.41, 5.74) is 2.00. The Balaban J connectivity index is 1.49. The van der Waals surface area contributed by atoms with Gasteiger partial charge in [-0.1, -0.05) is 30.3 Å². The molecule has 0 N–H and O–H groups in total. The Bertz CT molecular complexity index is 1390. The Morgan fingerprint density at radius 2 is 1.48 bits per heavy atom. The molecule has 0 aromatic heterocycles. The van der Waals surface area contributed by atoms with Crippen LogP contribution in [0.1, 0.15) is 18.1 Å². The van der Waals surface area contributed by atoms with Gasteiger partial charge in [0.2, 0.25) is 5.91 Å². The van der Waals surface area contributed by atoms with E-state index in [9.17, 15) is 9.18 Å². The van der Waals surface area contributed by atoms with Gasteiger partial charge in [-0.3, -0.25) is 4.79 Å². The highest BCUT2D eigenvalue weighted by Crippen LogP contribution is 2.36. The largest absolute Gasteiger partial charge is 0.497 e. The van der Waals surface area contributed by atoms with E-state index >= 15 is 0 Å². The van der Waals surface area contributed by atoms with Gasteiger partial charge >= 0.3 is 0 Å². The molecule has 0 atom stereocenters. The van der Waals surface area contributed by atoms with Crippen molar-refractivity contribution in [2.75, 3.05) is 32.3 Å². The number of amides is 1. The van der Waals surface area contributed by atoms with Crippen molar-refractivity contribution in [1.29, 1.82) is 0 Å². The van der Waals surface area contributed by atoms with E-state index in [1.54, 1.807) is 44.6 Å². The van der Waals surface area contributed by atoms with E-state index in [2.05, 4.69) is 0 Å². The summed E-state index contributed by atoms with van der Waals surface area (Å²) in [5.74, 6) is 2.08. The monoisotopic (exact) mass is 545 g/mol. The quantitative estimate of drug-likeness (QED) is 0.173. The first kappa shape index (κ1) is 28.4. The maximum atomic E-state index is 14.4. The van der Waals surface area contributed by atoms with E-state index in [0.29, 0.717) is 47.5 Å². The average Bonchev–Trinajstić information content (AvgIpc) is 2.98. The summed E-state index contributed by atoms with van der Waals surface area (Å²) in [6.07, 6.45) is 0. The summed E-state index contributed by atoms with van der Waals surface area (Å²) in [4.78, 5) is 14.3. The molecule has 208 valence electrons. The first-order valence-electron chi connectivity index (χ1n) is 12.8. The number of carbonyl (C=O) groups is 1. The second kappa shape index (κ2) is 14.0. The van der Waals surface area contributed by atoms with Gasteiger partial charge in [-0.05, 0) is 60.2 Å². The standard InChI is InChI=1S/C32H32FNO6/c1-23(35)34(30-20-26(33)11-15-32(30)40-28-7-5-4-6-8-28)21-25-19-29(37-3)14-16-31(25)39-18-17-38-22-24-9-12-27(36-2)13-10-24/h4-16,19-20H,17-18,21-22H2,1-3H3. The van der Waals surface area contributed by atoms with Crippen LogP contribution < -0.4 is 23.8 Å². The molecule has 0 radical (unpaired) electrons. The first-order valence-corrected chi connectivity index (χ1v) is 12.8. The minimum absolute atomic E-state index is 0.100. The fourth-order valence-corrected chi connectivity index (χ4v) is 4.01. The fraction of sp³-hybridized carbons (Fsp3) is 0.219. The number of nitrogens with zero attached hydrogens (tertiary/aromatic N) is 1. The van der Waals surface area contributed by atoms with Crippen LogP contribution in [0.4, 0.5) is 10.1 Å². The highest BCUT2D eigenvalue weighted by Gasteiger charge is 2.21. The smallest absolute Gasteiger partial charge is 0.224 e. The summed E-state index contributed by atoms with van der Waals surface area (Å²) < 4.78 is 42.8. The van der Waals surface area contributed by atoms with Crippen LogP contribution in [0.25, 0.3) is 0 Å². The van der Waals surface area contributed by atoms with Gasteiger partial charge in [0.15, 0.2) is 5.75 Å². The van der Waals surface area contributed by atoms with E-state index in [1.165, 1.54) is 30.0 Å². The Morgan fingerprint density at radius 1 is 0.775 bits per heavy atom. The molecule has 8 heteroatoms. The fourth-order valence-electron chi connectivity index (χ4n) is 4.01. The van der Waals surface area contributed by atoms with Gasteiger partial charge in [-0.25, -0.2) is 4.39 Å². The Hall–Kier alpha value is -4.56. The van der Waals surface area contributed by atoms with Crippen molar-refractivity contribution in [3.05, 3.63) is 108 Å². The number of para-hydroxylation sites is 1. The van der Waals surface area contributed by atoms with Gasteiger partial charge in [-0.15, -0.1) is 0 Å². The maximum absolute atomic E-state index is 14.4. The zero-order chi connectivity index (χ0) is 28.3. The molecule has 0 saturated heterocycles. The number of hydrogen-bond donors (Lipinski definition) is 0. The van der Waals surface area contributed by atoms with Crippen molar-refractivity contribution >= 4 is 11.6 Å². The molecular weight excluding hydrogens is 513 g/mol. The number of halogens is 1. The molecule has 7 nitrogen and oxygen atoms in total. The molecule has 0 heterocycles. The highest BCUT2D eigenvalue weighted by atomic mass is 19.1. The van der Waals surface area contributed by atoms with E-state index in [0.717, 1.165) is 11.3 Å². The summed E-state index contributed by atoms with van der Waals surface area (Å²) in [6, 6.07) is 26.2. The van der Waals surface area contributed by atoms with Crippen LogP contribution in [0.2, 0.25) is 0 Å². The number of rotatable bonds is 13. The molecule has 0 aliphatic carbocycles. The molecular formula is C32H32FNO6. The third-order valence-electron chi connectivity index (χ3n) is 6.07. The lowest BCUT2D eigenvalue weighted by atomic mass is 10.1. The highest BCUT2D eigenvalue weighted by molar-refractivity contribution is 5.93. The Labute approximate surface area is 233 Å². The molecule has 4 rings (SSSR count). The second-order valence-electron chi connectivity index (χ2n) is 8.86. The van der Waals surface area contributed by atoms with Crippen molar-refractivity contribution < 1.29 is 32.9 Å². The zero-order valence-electron chi connectivity index (χ0n) is 22.8. The first-order chi connectivity index (χ1) is 19.5. The van der Waals surface area contributed by atoms with E-state index in [1.807, 2.05) is 42.5 Å². The maximum Gasteiger partial charge on any atom is 0.224 e. The molecule has 4 aromatic rings. The van der Waals surface area contributed by atoms with Gasteiger partial charge < -0.3 is 28.6 Å². The lowest BCUT2D eigenvalue weighted by molar-refractivity contribution is -0.116. The van der Waals surface area contributed by atoms with Crippen molar-refractivity contribution in [2.45, 2.75) is 20.1 Å². The lowest BCUT2D eigenvalue weighted by Gasteiger charge is -2.25. The van der Waals surface area contributed by atoms with Gasteiger partial charge in [0, 0.05) is 18.6 Å². The number of benzene rings is 4. The Morgan fingerprint density at radius 3 is 2.17 bits per heavy atom. The van der Waals surface area contributed by atoms with E-state index in [4.69, 9.17) is 23.7 Å². The molecule has 0 saturated carbocycles. The molecule has 4 aromatic carbocycles. The molecule has 0 unspecified atom stereocenters. The third-order valence-corrected chi connectivity index (χ3v) is 6.07. The normalized spacial score (nSPS) is 10.6. The summed E-state index contributed by atoms with van der Waals surface area (Å²) >= 11 is 0. The molecule has 0 fully saturated rings. The van der Waals surface area contributed by atoms with Crippen LogP contribution >= 0.6 is 0 Å². The molecule has 1 amide bonds. The predicted octanol–water partition coefficient (Wildman–Crippen LogP) is 6.78. The lowest BCUT2D eigenvalue weighted by Crippen LogP contribution is -2.28. The average molecular weight is 546 g/mol. The summed E-state index contributed by atoms with van der Waals surface area (Å²) in [6.45, 7) is 2.60. The van der Waals surface area contributed by atoms with Gasteiger partial charge in [0.25, 0.3) is 0 Å². The molecule has 0 spiro atoms. The second-order valence-corrected chi connectivity index (χ2v) is 8.86. The van der Waals surface area contributed by atoms with Crippen LogP contribution in [0.5, 0.6) is 28.7 Å². The zero-order valence-corrected chi connectivity index (χ0v) is 22.8. The van der Waals surface area contributed by atoms with Crippen LogP contribution in [-0.4, -0.2) is 33.3 Å². The van der Waals surface area contributed by atoms with Gasteiger partial charge in [0.1, 0.15) is 35.4 Å². The number of hydrogen-bond acceptors (Lipinski definition) is 6. The van der Waals surface area contributed by atoms with Gasteiger partial charge in [0.05, 0.1) is 39.7 Å². The molecule has 0 bridgehead atoms. The van der Waals surface area contributed by atoms with E-state index < -0.39 is 5.82 Å². The van der Waals surface area contributed by atoms with Crippen LogP contribution in [0, 0.1) is 5.82 Å². The van der Waals surface area contributed by atoms with Gasteiger partial charge in [-0.2, -0.15) is 0 Å². The molecule has 40 heavy (non-hydrogen) atoms. The van der Waals surface area contributed by atoms with Crippen molar-refractivity contribution in [1.82, 2.24) is 0 Å². The van der Waals surface area contributed by atoms with E-state index in [-0.39, 0.29) is 19.1 Å².